The van der Waals surface area contributed by atoms with Gasteiger partial charge in [-0.2, -0.15) is 0 Å². The summed E-state index contributed by atoms with van der Waals surface area (Å²) in [6.07, 6.45) is 0. The predicted molar refractivity (Wildman–Crippen MR) is 51.0 cm³/mol. The Kier molecular flexibility index (Phi) is 1.68. The van der Waals surface area contributed by atoms with E-state index in [0.29, 0.717) is 0 Å². The number of hydrogen-bond donors (Lipinski definition) is 0. The van der Waals surface area contributed by atoms with Crippen molar-refractivity contribution in [3.05, 3.63) is 0 Å². The van der Waals surface area contributed by atoms with Crippen LogP contribution in [0.4, 0.5) is 0 Å². The van der Waals surface area contributed by atoms with E-state index in [2.05, 4.69) is 0 Å². The van der Waals surface area contributed by atoms with Crippen LogP contribution in [0.5, 0.6) is 0 Å². The third kappa shape index (κ3) is 0.761. The van der Waals surface area contributed by atoms with Gasteiger partial charge in [-0.15, -0.1) is 0 Å². The first-order chi connectivity index (χ1) is 5.71. The number of alkyl halides is 2. The standard InChI is InChI=1S/C7H10Cl2O3S/c1-5-6(2,7(5,8)9)13(10,11)4-3-12-5/h3-4H2,1-2H3. The van der Waals surface area contributed by atoms with Gasteiger partial charge in [0.1, 0.15) is 10.3 Å². The first-order valence-corrected chi connectivity index (χ1v) is 6.36. The average Bonchev–Trinajstić information content (AvgIpc) is 2.31. The number of rotatable bonds is 0. The van der Waals surface area contributed by atoms with Crippen LogP contribution in [0.25, 0.3) is 0 Å². The summed E-state index contributed by atoms with van der Waals surface area (Å²) in [5.41, 5.74) is -0.944. The van der Waals surface area contributed by atoms with E-state index < -0.39 is 24.5 Å². The van der Waals surface area contributed by atoms with Gasteiger partial charge < -0.3 is 4.74 Å². The van der Waals surface area contributed by atoms with Gasteiger partial charge in [-0.1, -0.05) is 23.2 Å². The maximum atomic E-state index is 11.7. The summed E-state index contributed by atoms with van der Waals surface area (Å²) in [5.74, 6) is 0.000278. The summed E-state index contributed by atoms with van der Waals surface area (Å²) in [5, 5.41) is 0. The van der Waals surface area contributed by atoms with E-state index in [9.17, 15) is 8.42 Å². The molecule has 1 aliphatic carbocycles. The first kappa shape index (κ1) is 10.0. The molecule has 6 heteroatoms. The smallest absolute Gasteiger partial charge is 0.170 e. The Hall–Kier alpha value is 0.490. The Morgan fingerprint density at radius 3 is 2.23 bits per heavy atom. The van der Waals surface area contributed by atoms with Crippen molar-refractivity contribution in [3.8, 4) is 0 Å². The van der Waals surface area contributed by atoms with Crippen molar-refractivity contribution < 1.29 is 13.2 Å². The monoisotopic (exact) mass is 244 g/mol. The average molecular weight is 245 g/mol. The molecule has 0 bridgehead atoms. The summed E-state index contributed by atoms with van der Waals surface area (Å²) >= 11 is 11.9. The first-order valence-electron chi connectivity index (χ1n) is 3.95. The minimum atomic E-state index is -3.24. The second kappa shape index (κ2) is 2.18. The van der Waals surface area contributed by atoms with Gasteiger partial charge in [-0.25, -0.2) is 8.42 Å². The van der Waals surface area contributed by atoms with Crippen LogP contribution >= 0.6 is 23.2 Å². The fourth-order valence-electron chi connectivity index (χ4n) is 2.02. The van der Waals surface area contributed by atoms with Crippen LogP contribution in [0.1, 0.15) is 13.8 Å². The van der Waals surface area contributed by atoms with Crippen molar-refractivity contribution in [1.82, 2.24) is 0 Å². The Morgan fingerprint density at radius 1 is 1.31 bits per heavy atom. The lowest BCUT2D eigenvalue weighted by Crippen LogP contribution is -2.40. The minimum Gasteiger partial charge on any atom is -0.369 e. The largest absolute Gasteiger partial charge is 0.369 e. The van der Waals surface area contributed by atoms with Crippen molar-refractivity contribution in [3.63, 3.8) is 0 Å². The third-order valence-corrected chi connectivity index (χ3v) is 7.76. The van der Waals surface area contributed by atoms with Crippen molar-refractivity contribution in [2.24, 2.45) is 0 Å². The molecule has 0 N–H and O–H groups in total. The zero-order valence-corrected chi connectivity index (χ0v) is 9.63. The van der Waals surface area contributed by atoms with Gasteiger partial charge in [0.25, 0.3) is 0 Å². The van der Waals surface area contributed by atoms with Crippen LogP contribution in [0.15, 0.2) is 0 Å². The SMILES string of the molecule is CC12OCCS(=O)(=O)C1(C)C2(Cl)Cl. The van der Waals surface area contributed by atoms with Gasteiger partial charge in [0, 0.05) is 0 Å². The highest BCUT2D eigenvalue weighted by atomic mass is 35.5. The second-order valence-electron chi connectivity index (χ2n) is 3.81. The van der Waals surface area contributed by atoms with Crippen LogP contribution < -0.4 is 0 Å². The summed E-state index contributed by atoms with van der Waals surface area (Å²) in [4.78, 5) is 0. The quantitative estimate of drug-likeness (QED) is 0.601. The molecule has 0 aromatic carbocycles. The van der Waals surface area contributed by atoms with Gasteiger partial charge in [-0.3, -0.25) is 0 Å². The summed E-state index contributed by atoms with van der Waals surface area (Å²) in [7, 11) is -3.24. The maximum Gasteiger partial charge on any atom is 0.170 e. The highest BCUT2D eigenvalue weighted by molar-refractivity contribution is 7.93. The molecule has 0 aromatic rings. The third-order valence-electron chi connectivity index (χ3n) is 3.41. The molecule has 1 aliphatic heterocycles. The van der Waals surface area contributed by atoms with Crippen molar-refractivity contribution in [2.45, 2.75) is 28.5 Å². The molecule has 0 spiro atoms. The van der Waals surface area contributed by atoms with Gasteiger partial charge in [-0.05, 0) is 13.8 Å². The molecule has 76 valence electrons. The Bertz CT molecular complexity index is 364. The van der Waals surface area contributed by atoms with E-state index in [4.69, 9.17) is 27.9 Å². The van der Waals surface area contributed by atoms with Gasteiger partial charge in [0.05, 0.1) is 12.4 Å². The number of hydrogen-bond acceptors (Lipinski definition) is 3. The molecule has 3 nitrogen and oxygen atoms in total. The molecule has 13 heavy (non-hydrogen) atoms. The molecule has 2 aliphatic rings. The zero-order chi connectivity index (χ0) is 10.1. The summed E-state index contributed by atoms with van der Waals surface area (Å²) < 4.78 is 26.3. The Balaban J connectivity index is 2.59. The summed E-state index contributed by atoms with van der Waals surface area (Å²) in [6, 6.07) is 0. The number of sulfone groups is 1. The lowest BCUT2D eigenvalue weighted by atomic mass is 10.3. The molecule has 1 heterocycles. The lowest BCUT2D eigenvalue weighted by Gasteiger charge is -2.23. The van der Waals surface area contributed by atoms with Crippen molar-refractivity contribution >= 4 is 33.0 Å². The van der Waals surface area contributed by atoms with E-state index >= 15 is 0 Å². The van der Waals surface area contributed by atoms with Crippen LogP contribution in [0.2, 0.25) is 0 Å². The van der Waals surface area contributed by atoms with Crippen LogP contribution in [0.3, 0.4) is 0 Å². The molecule has 1 saturated heterocycles. The van der Waals surface area contributed by atoms with Crippen LogP contribution in [0, 0.1) is 0 Å². The molecule has 0 radical (unpaired) electrons. The second-order valence-corrected chi connectivity index (χ2v) is 7.59. The zero-order valence-electron chi connectivity index (χ0n) is 7.30. The fourth-order valence-corrected chi connectivity index (χ4v) is 5.64. The molecular formula is C7H10Cl2O3S. The minimum absolute atomic E-state index is 0.000278. The molecule has 2 unspecified atom stereocenters. The lowest BCUT2D eigenvalue weighted by molar-refractivity contribution is 0.0412. The molecule has 2 rings (SSSR count). The molecule has 2 atom stereocenters. The van der Waals surface area contributed by atoms with E-state index in [0.717, 1.165) is 0 Å². The van der Waals surface area contributed by atoms with Crippen molar-refractivity contribution in [1.29, 1.82) is 0 Å². The maximum absolute atomic E-state index is 11.7. The van der Waals surface area contributed by atoms with Crippen LogP contribution in [-0.2, 0) is 14.6 Å². The van der Waals surface area contributed by atoms with Crippen LogP contribution in [-0.4, -0.2) is 35.5 Å². The van der Waals surface area contributed by atoms with Gasteiger partial charge in [0.2, 0.25) is 0 Å². The van der Waals surface area contributed by atoms with Gasteiger partial charge >= 0.3 is 0 Å². The van der Waals surface area contributed by atoms with E-state index in [1.54, 1.807) is 13.8 Å². The molecular weight excluding hydrogens is 235 g/mol. The highest BCUT2D eigenvalue weighted by Crippen LogP contribution is 2.72. The topological polar surface area (TPSA) is 43.4 Å². The molecule has 1 saturated carbocycles. The predicted octanol–water partition coefficient (Wildman–Crippen LogP) is 1.14. The highest BCUT2D eigenvalue weighted by Gasteiger charge is 2.90. The molecule has 2 fully saturated rings. The summed E-state index contributed by atoms with van der Waals surface area (Å²) in [6.45, 7) is 3.36. The van der Waals surface area contributed by atoms with E-state index in [-0.39, 0.29) is 12.4 Å². The number of halogens is 2. The van der Waals surface area contributed by atoms with Crippen molar-refractivity contribution in [2.75, 3.05) is 12.4 Å². The normalized spacial score (nSPS) is 51.1. The molecule has 0 aromatic heterocycles. The van der Waals surface area contributed by atoms with E-state index in [1.807, 2.05) is 0 Å². The number of ether oxygens (including phenoxy) is 1. The Morgan fingerprint density at radius 2 is 1.85 bits per heavy atom. The van der Waals surface area contributed by atoms with E-state index in [1.165, 1.54) is 0 Å². The number of fused-ring (bicyclic) bond motifs is 1. The fraction of sp³-hybridized carbons (Fsp3) is 1.00. The molecule has 0 amide bonds. The van der Waals surface area contributed by atoms with Gasteiger partial charge in [0.15, 0.2) is 14.2 Å². The Labute approximate surface area is 87.3 Å².